The number of benzene rings is 2. The maximum absolute atomic E-state index is 12.4. The number of aliphatic hydroxyl groups is 1. The van der Waals surface area contributed by atoms with Crippen molar-refractivity contribution in [2.75, 3.05) is 26.5 Å². The molecular weight excluding hydrogens is 501 g/mol. The van der Waals surface area contributed by atoms with Crippen molar-refractivity contribution in [3.05, 3.63) is 52.6 Å². The number of carbonyl (C=O) groups is 1. The molecule has 0 atom stereocenters. The molecular formula is C23H23F3N4O5S. The van der Waals surface area contributed by atoms with Crippen LogP contribution in [-0.4, -0.2) is 48.6 Å². The molecule has 0 fully saturated rings. The lowest BCUT2D eigenvalue weighted by atomic mass is 10.1. The van der Waals surface area contributed by atoms with Crippen LogP contribution in [0.5, 0.6) is 17.2 Å². The van der Waals surface area contributed by atoms with Crippen molar-refractivity contribution in [2.24, 2.45) is 4.99 Å². The number of thiazole rings is 1. The zero-order chi connectivity index (χ0) is 25.5. The molecule has 192 valence electrons. The number of halogens is 3. The number of urea groups is 1. The van der Waals surface area contributed by atoms with Gasteiger partial charge in [-0.3, -0.25) is 0 Å². The Morgan fingerprint density at radius 2 is 1.86 bits per heavy atom. The lowest BCUT2D eigenvalue weighted by Gasteiger charge is -2.11. The highest BCUT2D eigenvalue weighted by Gasteiger charge is 2.31. The number of amides is 2. The van der Waals surface area contributed by atoms with E-state index in [1.54, 1.807) is 0 Å². The van der Waals surface area contributed by atoms with E-state index < -0.39 is 6.36 Å². The van der Waals surface area contributed by atoms with Crippen LogP contribution in [0.1, 0.15) is 6.42 Å². The number of nitrogens with zero attached hydrogens (tertiary/aromatic N) is 2. The van der Waals surface area contributed by atoms with Crippen molar-refractivity contribution < 1.29 is 37.3 Å². The molecule has 0 radical (unpaired) electrons. The number of hydrogen-bond acceptors (Lipinski definition) is 7. The second kappa shape index (κ2) is 11.4. The number of hydrogen-bond donors (Lipinski definition) is 3. The van der Waals surface area contributed by atoms with Gasteiger partial charge in [-0.25, -0.2) is 9.79 Å². The normalized spacial score (nSPS) is 13.1. The molecule has 1 aliphatic heterocycles. The summed E-state index contributed by atoms with van der Waals surface area (Å²) in [6, 6.07) is 10.5. The van der Waals surface area contributed by atoms with E-state index in [1.165, 1.54) is 35.6 Å². The van der Waals surface area contributed by atoms with E-state index in [-0.39, 0.29) is 31.7 Å². The molecule has 36 heavy (non-hydrogen) atoms. The molecule has 3 N–H and O–H groups in total. The van der Waals surface area contributed by atoms with E-state index >= 15 is 0 Å². The maximum Gasteiger partial charge on any atom is 0.573 e. The smallest absolute Gasteiger partial charge is 0.454 e. The first-order valence-corrected chi connectivity index (χ1v) is 11.8. The van der Waals surface area contributed by atoms with Gasteiger partial charge >= 0.3 is 12.4 Å². The average Bonchev–Trinajstić information content (AvgIpc) is 3.47. The standard InChI is InChI=1S/C23H23F3N4O5S/c24-23(25,26)35-17-5-3-16(4-6-17)29-22-30(10-1-8-27-21(32)28-9-11-31)18(13-36-22)15-2-7-19-20(12-15)34-14-33-19/h2-7,12-13,31H,1,8-11,14H2,(H2,27,28,32)/b29-22-. The first-order chi connectivity index (χ1) is 17.3. The van der Waals surface area contributed by atoms with Crippen molar-refractivity contribution in [1.29, 1.82) is 0 Å². The summed E-state index contributed by atoms with van der Waals surface area (Å²) in [7, 11) is 0. The fourth-order valence-electron chi connectivity index (χ4n) is 3.43. The molecule has 0 saturated carbocycles. The number of aliphatic hydroxyl groups excluding tert-OH is 1. The fourth-order valence-corrected chi connectivity index (χ4v) is 4.38. The second-order valence-electron chi connectivity index (χ2n) is 7.54. The summed E-state index contributed by atoms with van der Waals surface area (Å²) >= 11 is 1.37. The molecule has 0 saturated heterocycles. The van der Waals surface area contributed by atoms with Crippen LogP contribution in [-0.2, 0) is 6.54 Å². The lowest BCUT2D eigenvalue weighted by Crippen LogP contribution is -2.37. The van der Waals surface area contributed by atoms with Gasteiger partial charge < -0.3 is 34.5 Å². The van der Waals surface area contributed by atoms with Gasteiger partial charge in [0.1, 0.15) is 5.75 Å². The van der Waals surface area contributed by atoms with Gasteiger partial charge in [0.2, 0.25) is 6.79 Å². The van der Waals surface area contributed by atoms with Gasteiger partial charge in [0, 0.05) is 30.6 Å². The summed E-state index contributed by atoms with van der Waals surface area (Å²) in [5, 5.41) is 16.0. The summed E-state index contributed by atoms with van der Waals surface area (Å²) in [6.45, 7) is 1.05. The summed E-state index contributed by atoms with van der Waals surface area (Å²) in [5.74, 6) is 0.961. The number of aromatic nitrogens is 1. The highest BCUT2D eigenvalue weighted by atomic mass is 32.1. The molecule has 0 unspecified atom stereocenters. The zero-order valence-corrected chi connectivity index (χ0v) is 19.7. The van der Waals surface area contributed by atoms with Crippen LogP contribution in [0, 0.1) is 0 Å². The minimum absolute atomic E-state index is 0.148. The Labute approximate surface area is 207 Å². The zero-order valence-electron chi connectivity index (χ0n) is 18.9. The van der Waals surface area contributed by atoms with E-state index in [4.69, 9.17) is 14.6 Å². The van der Waals surface area contributed by atoms with E-state index in [0.29, 0.717) is 41.5 Å². The molecule has 2 aromatic carbocycles. The third-order valence-electron chi connectivity index (χ3n) is 5.00. The quantitative estimate of drug-likeness (QED) is 0.370. The number of rotatable bonds is 9. The first-order valence-electron chi connectivity index (χ1n) is 10.9. The van der Waals surface area contributed by atoms with E-state index in [1.807, 2.05) is 28.1 Å². The van der Waals surface area contributed by atoms with Gasteiger partial charge in [0.25, 0.3) is 0 Å². The third kappa shape index (κ3) is 6.70. The fraction of sp³-hybridized carbons (Fsp3) is 0.304. The van der Waals surface area contributed by atoms with Crippen LogP contribution in [0.4, 0.5) is 23.7 Å². The number of nitrogens with one attached hydrogen (secondary N) is 2. The molecule has 0 spiro atoms. The summed E-state index contributed by atoms with van der Waals surface area (Å²) < 4.78 is 54.1. The summed E-state index contributed by atoms with van der Waals surface area (Å²) in [5.41, 5.74) is 2.19. The topological polar surface area (TPSA) is 106 Å². The van der Waals surface area contributed by atoms with Gasteiger partial charge in [-0.15, -0.1) is 24.5 Å². The van der Waals surface area contributed by atoms with Crippen LogP contribution in [0.25, 0.3) is 11.3 Å². The highest BCUT2D eigenvalue weighted by molar-refractivity contribution is 7.07. The van der Waals surface area contributed by atoms with Crippen molar-refractivity contribution in [1.82, 2.24) is 15.2 Å². The van der Waals surface area contributed by atoms with Crippen LogP contribution in [0.2, 0.25) is 0 Å². The van der Waals surface area contributed by atoms with Gasteiger partial charge in [0.15, 0.2) is 16.3 Å². The molecule has 9 nitrogen and oxygen atoms in total. The van der Waals surface area contributed by atoms with Crippen LogP contribution in [0.3, 0.4) is 0 Å². The van der Waals surface area contributed by atoms with Crippen molar-refractivity contribution >= 4 is 23.1 Å². The minimum Gasteiger partial charge on any atom is -0.454 e. The van der Waals surface area contributed by atoms with Crippen LogP contribution >= 0.6 is 11.3 Å². The second-order valence-corrected chi connectivity index (χ2v) is 8.37. The Kier molecular flexibility index (Phi) is 8.00. The Bertz CT molecular complexity index is 1260. The first kappa shape index (κ1) is 25.4. The molecule has 1 aliphatic rings. The molecule has 1 aromatic heterocycles. The van der Waals surface area contributed by atoms with Gasteiger partial charge in [0.05, 0.1) is 18.0 Å². The number of fused-ring (bicyclic) bond motifs is 1. The lowest BCUT2D eigenvalue weighted by molar-refractivity contribution is -0.274. The molecule has 13 heteroatoms. The summed E-state index contributed by atoms with van der Waals surface area (Å²) in [6.07, 6.45) is -4.19. The Morgan fingerprint density at radius 3 is 2.61 bits per heavy atom. The Morgan fingerprint density at radius 1 is 1.11 bits per heavy atom. The Hall–Kier alpha value is -3.71. The molecule has 3 aromatic rings. The van der Waals surface area contributed by atoms with E-state index in [9.17, 15) is 18.0 Å². The maximum atomic E-state index is 12.4. The van der Waals surface area contributed by atoms with Crippen molar-refractivity contribution in [2.45, 2.75) is 19.3 Å². The summed E-state index contributed by atoms with van der Waals surface area (Å²) in [4.78, 5) is 17.0. The predicted octanol–water partition coefficient (Wildman–Crippen LogP) is 3.76. The van der Waals surface area contributed by atoms with E-state index in [2.05, 4.69) is 20.4 Å². The monoisotopic (exact) mass is 524 g/mol. The molecule has 4 rings (SSSR count). The average molecular weight is 525 g/mol. The van der Waals surface area contributed by atoms with Crippen LogP contribution < -0.4 is 29.6 Å². The van der Waals surface area contributed by atoms with Crippen molar-refractivity contribution in [3.63, 3.8) is 0 Å². The van der Waals surface area contributed by atoms with Crippen molar-refractivity contribution in [3.8, 4) is 28.5 Å². The highest BCUT2D eigenvalue weighted by Crippen LogP contribution is 2.36. The number of ether oxygens (including phenoxy) is 3. The Balaban J connectivity index is 1.57. The number of carbonyl (C=O) groups excluding carboxylic acids is 1. The van der Waals surface area contributed by atoms with Crippen LogP contribution in [0.15, 0.2) is 52.8 Å². The third-order valence-corrected chi connectivity index (χ3v) is 5.87. The van der Waals surface area contributed by atoms with Gasteiger partial charge in [-0.05, 0) is 48.9 Å². The van der Waals surface area contributed by atoms with Gasteiger partial charge in [-0.2, -0.15) is 0 Å². The molecule has 0 aliphatic carbocycles. The molecule has 2 amide bonds. The van der Waals surface area contributed by atoms with E-state index in [0.717, 1.165) is 11.3 Å². The molecule has 0 bridgehead atoms. The SMILES string of the molecule is O=C(NCCO)NCCCn1c(-c2ccc3c(c2)OCO3)cs/c1=N\c1ccc(OC(F)(F)F)cc1. The minimum atomic E-state index is -4.77. The number of alkyl halides is 3. The largest absolute Gasteiger partial charge is 0.573 e. The predicted molar refractivity (Wildman–Crippen MR) is 125 cm³/mol. The molecule has 2 heterocycles. The van der Waals surface area contributed by atoms with Gasteiger partial charge in [-0.1, -0.05) is 0 Å².